The summed E-state index contributed by atoms with van der Waals surface area (Å²) in [6, 6.07) is -20.4. The minimum absolute atomic E-state index is 0.0644. The molecule has 0 saturated heterocycles. The van der Waals surface area contributed by atoms with E-state index in [1.165, 1.54) is 19.4 Å². The van der Waals surface area contributed by atoms with Crippen LogP contribution in [-0.2, 0) is 114 Å². The Labute approximate surface area is 834 Å². The number of aliphatic hydroxyl groups excluding tert-OH is 5. The molecule has 20 amide bonds. The maximum atomic E-state index is 14.8. The number of nitrogens with zero attached hydrogens (tertiary/aromatic N) is 1. The molecular formula is C89H148N24O27S2. The lowest BCUT2D eigenvalue weighted by molar-refractivity contribution is -0.143. The van der Waals surface area contributed by atoms with Crippen LogP contribution in [0.3, 0.4) is 0 Å². The molecule has 0 aliphatic carbocycles. The van der Waals surface area contributed by atoms with Gasteiger partial charge in [-0.05, 0) is 106 Å². The summed E-state index contributed by atoms with van der Waals surface area (Å²) in [4.78, 5) is 295. The number of hydrogen-bond acceptors (Lipinski definition) is 31. The fraction of sp³-hybridized carbons (Fsp3) is 0.663. The minimum Gasteiger partial charge on any atom is -0.480 e. The molecule has 2 rings (SSSR count). The molecule has 0 spiro atoms. The van der Waals surface area contributed by atoms with E-state index in [0.29, 0.717) is 24.1 Å². The van der Waals surface area contributed by atoms with Crippen molar-refractivity contribution in [3.63, 3.8) is 0 Å². The number of nitrogens with two attached hydrogens (primary N) is 3. The monoisotopic (exact) mass is 2050 g/mol. The number of rotatable bonds is 67. The highest BCUT2D eigenvalue weighted by Gasteiger charge is 2.42. The van der Waals surface area contributed by atoms with Crippen LogP contribution in [0.1, 0.15) is 166 Å². The number of hydrogen-bond donors (Lipinski definition) is 31. The summed E-state index contributed by atoms with van der Waals surface area (Å²) in [5.74, 6) is -25.4. The van der Waals surface area contributed by atoms with Gasteiger partial charge in [0.25, 0.3) is 0 Å². The minimum atomic E-state index is -2.09. The Bertz CT molecular complexity index is 4500. The van der Waals surface area contributed by atoms with Crippen molar-refractivity contribution in [1.82, 2.24) is 111 Å². The first-order chi connectivity index (χ1) is 66.8. The quantitative estimate of drug-likeness (QED) is 0.0216. The fourth-order valence-corrected chi connectivity index (χ4v) is 14.3. The second-order valence-corrected chi connectivity index (χ2v) is 36.9. The van der Waals surface area contributed by atoms with Gasteiger partial charge in [-0.2, -0.15) is 25.3 Å². The molecule has 0 fully saturated rings. The van der Waals surface area contributed by atoms with E-state index in [0.717, 1.165) is 6.92 Å². The van der Waals surface area contributed by atoms with Crippen LogP contribution in [-0.4, -0.2) is 337 Å². The average molecular weight is 2050 g/mol. The number of benzene rings is 1. The highest BCUT2D eigenvalue weighted by atomic mass is 32.1. The molecule has 2 aromatic rings. The van der Waals surface area contributed by atoms with Crippen molar-refractivity contribution in [3.8, 4) is 0 Å². The maximum Gasteiger partial charge on any atom is 0.328 e. The molecule has 142 heavy (non-hydrogen) atoms. The van der Waals surface area contributed by atoms with Crippen LogP contribution < -0.4 is 118 Å². The van der Waals surface area contributed by atoms with E-state index in [1.807, 2.05) is 0 Å². The first-order valence-corrected chi connectivity index (χ1v) is 48.0. The van der Waals surface area contributed by atoms with Gasteiger partial charge in [-0.15, -0.1) is 0 Å². The molecule has 1 aromatic heterocycles. The van der Waals surface area contributed by atoms with Gasteiger partial charge in [0.05, 0.1) is 51.9 Å². The van der Waals surface area contributed by atoms with Gasteiger partial charge >= 0.3 is 5.97 Å². The van der Waals surface area contributed by atoms with E-state index in [-0.39, 0.29) is 75.0 Å². The highest BCUT2D eigenvalue weighted by Crippen LogP contribution is 2.18. The molecule has 32 N–H and O–H groups in total. The lowest BCUT2D eigenvalue weighted by atomic mass is 9.97. The summed E-state index contributed by atoms with van der Waals surface area (Å²) in [5, 5.41) is 107. The zero-order valence-electron chi connectivity index (χ0n) is 82.4. The maximum absolute atomic E-state index is 14.8. The second kappa shape index (κ2) is 65.0. The van der Waals surface area contributed by atoms with E-state index < -0.39 is 315 Å². The van der Waals surface area contributed by atoms with E-state index in [2.05, 4.69) is 136 Å². The lowest BCUT2D eigenvalue weighted by Gasteiger charge is -2.29. The number of carbonyl (C=O) groups is 21. The number of aliphatic hydroxyl groups is 5. The number of aromatic nitrogens is 2. The third-order valence-electron chi connectivity index (χ3n) is 22.1. The molecule has 20 atom stereocenters. The van der Waals surface area contributed by atoms with Crippen molar-refractivity contribution in [2.45, 2.75) is 282 Å². The summed E-state index contributed by atoms with van der Waals surface area (Å²) < 4.78 is 0. The van der Waals surface area contributed by atoms with Gasteiger partial charge in [-0.3, -0.25) is 95.9 Å². The van der Waals surface area contributed by atoms with Crippen molar-refractivity contribution in [2.75, 3.05) is 57.6 Å². The Hall–Kier alpha value is -12.3. The van der Waals surface area contributed by atoms with Gasteiger partial charge in [0.15, 0.2) is 0 Å². The normalized spacial score (nSPS) is 15.5. The van der Waals surface area contributed by atoms with Crippen LogP contribution in [0.4, 0.5) is 0 Å². The smallest absolute Gasteiger partial charge is 0.328 e. The summed E-state index contributed by atoms with van der Waals surface area (Å²) in [5.41, 5.74) is 17.5. The zero-order valence-corrected chi connectivity index (χ0v) is 84.2. The number of nitrogens with one attached hydrogen (secondary N) is 20. The van der Waals surface area contributed by atoms with E-state index in [4.69, 9.17) is 17.2 Å². The lowest BCUT2D eigenvalue weighted by Crippen LogP contribution is -2.62. The molecule has 0 aliphatic heterocycles. The molecule has 0 aliphatic rings. The van der Waals surface area contributed by atoms with Gasteiger partial charge in [0.2, 0.25) is 118 Å². The van der Waals surface area contributed by atoms with Gasteiger partial charge in [-0.1, -0.05) is 120 Å². The van der Waals surface area contributed by atoms with Crippen molar-refractivity contribution in [3.05, 3.63) is 54.1 Å². The van der Waals surface area contributed by atoms with Gasteiger partial charge < -0.3 is 154 Å². The Morgan fingerprint density at radius 1 is 0.380 bits per heavy atom. The third-order valence-corrected chi connectivity index (χ3v) is 22.8. The second-order valence-electron chi connectivity index (χ2n) is 36.2. The number of aromatic amines is 1. The number of amides is 20. The number of unbranched alkanes of at least 4 members (excludes halogenated alkanes) is 1. The topological polar surface area (TPSA) is 815 Å². The molecule has 1 heterocycles. The molecular weight excluding hydrogens is 1900 g/mol. The number of carbonyl (C=O) groups excluding carboxylic acids is 20. The van der Waals surface area contributed by atoms with Crippen LogP contribution in [0.5, 0.6) is 0 Å². The number of imidazole rings is 1. The number of primary amides is 1. The molecule has 798 valence electrons. The highest BCUT2D eigenvalue weighted by molar-refractivity contribution is 7.80. The Morgan fingerprint density at radius 2 is 0.732 bits per heavy atom. The van der Waals surface area contributed by atoms with Crippen LogP contribution in [0.2, 0.25) is 0 Å². The molecule has 0 unspecified atom stereocenters. The van der Waals surface area contributed by atoms with Crippen molar-refractivity contribution in [2.24, 2.45) is 52.7 Å². The molecule has 1 aromatic carbocycles. The van der Waals surface area contributed by atoms with Crippen LogP contribution in [0.15, 0.2) is 42.9 Å². The first kappa shape index (κ1) is 126. The SMILES string of the molecule is CC[C@H](C)[C@H](NC(=O)[C@H](CS)NC(=O)[C@@H](NC(=O)[C@H](CC(C)C)NC(=O)[C@H](CS)NC(=O)[C@H](CO)NC(=O)CNC(=O)[C@H](CO)NC(=O)[C@@H](NC(=O)[C@H](CCC(N)=O)NC(=O)[C@H](CO)NC(=O)[C@H](Cc1ccccc1)NC(=O)[C@H](CC(C)C)NC(=O)[C@H](CCCCN)NC(=O)[C@H](Cc1cnc[nH]1)NC(=O)[C@@H](NC(=O)[C@H](CC(C)C)NC(=O)[C@H](C)NC(=O)CN)C(C)C)[C@@H](C)O)C(C)C)C(=O)N[C@@H](CO)C(=O)O. The van der Waals surface area contributed by atoms with Crippen LogP contribution in [0.25, 0.3) is 0 Å². The first-order valence-electron chi connectivity index (χ1n) is 46.8. The fourth-order valence-electron chi connectivity index (χ4n) is 13.8. The van der Waals surface area contributed by atoms with E-state index in [1.54, 1.807) is 113 Å². The van der Waals surface area contributed by atoms with Crippen molar-refractivity contribution in [1.29, 1.82) is 0 Å². The number of thiol groups is 2. The summed E-state index contributed by atoms with van der Waals surface area (Å²) >= 11 is 8.37. The largest absolute Gasteiger partial charge is 0.480 e. The third kappa shape index (κ3) is 44.9. The zero-order chi connectivity index (χ0) is 108. The molecule has 0 radical (unpaired) electrons. The Kier molecular flexibility index (Phi) is 57.6. The predicted octanol–water partition coefficient (Wildman–Crippen LogP) is -9.80. The Balaban J connectivity index is 2.37. The number of H-pyrrole nitrogens is 1. The van der Waals surface area contributed by atoms with Crippen molar-refractivity contribution < 1.29 is 131 Å². The number of carboxylic acids is 1. The molecule has 53 heteroatoms. The average Bonchev–Trinajstić information content (AvgIpc) is 0.998. The van der Waals surface area contributed by atoms with Gasteiger partial charge in [0.1, 0.15) is 109 Å². The predicted molar refractivity (Wildman–Crippen MR) is 519 cm³/mol. The van der Waals surface area contributed by atoms with Gasteiger partial charge in [0, 0.05) is 42.7 Å². The van der Waals surface area contributed by atoms with E-state index >= 15 is 0 Å². The summed E-state index contributed by atoms with van der Waals surface area (Å²) in [7, 11) is 0. The summed E-state index contributed by atoms with van der Waals surface area (Å²) in [6.45, 7) is 16.6. The molecule has 0 bridgehead atoms. The van der Waals surface area contributed by atoms with E-state index in [9.17, 15) is 131 Å². The molecule has 0 saturated carbocycles. The van der Waals surface area contributed by atoms with Crippen molar-refractivity contribution >= 4 is 149 Å². The van der Waals surface area contributed by atoms with Crippen LogP contribution >= 0.6 is 25.3 Å². The standard InChI is InChI=1S/C89H148N24O27S2/c1-15-47(12)70(87(137)107-62(38-117)89(139)140)112-84(134)64(40-142)109-86(136)69(46(10)11)111-80(130)56(29-44(6)7)102-83(133)63(39-141)108-81(131)60(36-115)97-67(121)34-94-73(123)59(35-114)106-88(138)71(49(14)118)113-75(125)53(24-25-65(92)119)99-82(132)61(37-116)105-77(127)57(30-50-21-17-16-18-22-50)103-76(126)54(27-42(2)3)101-74(124)52(23-19-20-26-90)98-78(128)58(31-51-33-93-41-95-51)104-85(135)68(45(8)9)110-79(129)55(28-43(4)5)100-72(122)48(13)96-66(120)32-91/h16-18,21-22,33,41-49,52-64,68-71,114-118,141-142H,15,19-20,23-32,34-40,90-91H2,1-14H3,(H2,92,119)(H,93,95)(H,94,123)(H,96,120)(H,97,121)(H,98,128)(H,99,132)(H,100,122)(H,101,124)(H,102,133)(H,103,126)(H,104,135)(H,105,127)(H,106,138)(H,107,137)(H,108,131)(H,109,136)(H,110,129)(H,111,130)(H,112,134)(H,113,125)(H,139,140)/t47-,48-,49+,52-,53-,54-,55-,56-,57-,58-,59-,60-,61-,62-,63-,64-,68-,69-,70-,71-/m0/s1. The Morgan fingerprint density at radius 3 is 1.17 bits per heavy atom. The van der Waals surface area contributed by atoms with Crippen LogP contribution in [0, 0.1) is 35.5 Å². The molecule has 51 nitrogen and oxygen atoms in total. The number of carboxylic acid groups (broad SMARTS) is 1. The van der Waals surface area contributed by atoms with Gasteiger partial charge in [-0.25, -0.2) is 9.78 Å². The number of aliphatic carboxylic acids is 1. The summed E-state index contributed by atoms with van der Waals surface area (Å²) in [6.07, 6.45) is -0.289.